The first kappa shape index (κ1) is 42.1. The van der Waals surface area contributed by atoms with Crippen molar-refractivity contribution in [3.63, 3.8) is 0 Å². The number of nitriles is 1. The number of pyridine rings is 1. The number of hydrogen-bond acceptors (Lipinski definition) is 6. The van der Waals surface area contributed by atoms with E-state index in [9.17, 15) is 23.1 Å². The van der Waals surface area contributed by atoms with Gasteiger partial charge in [-0.3, -0.25) is 4.79 Å². The molecule has 1 heterocycles. The Morgan fingerprint density at radius 3 is 2.29 bits per heavy atom. The summed E-state index contributed by atoms with van der Waals surface area (Å²) in [5.41, 5.74) is 5.70. The molecule has 1 aromatic heterocycles. The monoisotopic (exact) mass is 713 g/mol. The van der Waals surface area contributed by atoms with E-state index in [1.807, 2.05) is 6.92 Å². The van der Waals surface area contributed by atoms with Gasteiger partial charge in [-0.15, -0.1) is 5.73 Å². The van der Waals surface area contributed by atoms with Crippen molar-refractivity contribution in [2.75, 3.05) is 0 Å². The Hall–Kier alpha value is -5.03. The second-order valence-electron chi connectivity index (χ2n) is 13.1. The molecule has 9 heteroatoms. The van der Waals surface area contributed by atoms with Crippen LogP contribution in [0.5, 0.6) is 5.75 Å². The Morgan fingerprint density at radius 1 is 1.12 bits per heavy atom. The number of thiocarbonyl (C=S) groups is 1. The third kappa shape index (κ3) is 11.0. The van der Waals surface area contributed by atoms with Crippen LogP contribution in [0, 0.1) is 22.7 Å². The van der Waals surface area contributed by atoms with E-state index < -0.39 is 28.6 Å². The lowest BCUT2D eigenvalue weighted by Gasteiger charge is -2.29. The van der Waals surface area contributed by atoms with E-state index >= 15 is 0 Å². The molecule has 0 fully saturated rings. The molecule has 0 saturated carbocycles. The van der Waals surface area contributed by atoms with Crippen LogP contribution in [0.2, 0.25) is 0 Å². The fourth-order valence-corrected chi connectivity index (χ4v) is 5.75. The highest BCUT2D eigenvalue weighted by Crippen LogP contribution is 2.37. The SMILES string of the molecule is C=C=C(NC(=C)/C(CC(=C)C(=C)CCC)=C(\C)C=C)c1nc(C(=C)CC(C)(C)C(=O)C(Cc2ccc(C#N)c(C(F)(F)F)c2)C(C)=S)ccc1O. The smallest absolute Gasteiger partial charge is 0.417 e. The molecule has 0 radical (unpaired) electrons. The molecule has 2 aromatic rings. The molecule has 0 aliphatic carbocycles. The van der Waals surface area contributed by atoms with Crippen molar-refractivity contribution in [2.45, 2.75) is 72.9 Å². The summed E-state index contributed by atoms with van der Waals surface area (Å²) in [5, 5.41) is 23.2. The average molecular weight is 714 g/mol. The molecule has 0 saturated heterocycles. The maximum atomic E-state index is 13.9. The van der Waals surface area contributed by atoms with Crippen molar-refractivity contribution < 1.29 is 23.1 Å². The standard InChI is InChI=1S/C42H46F3N3O2S/c1-12-15-26(5)27(6)20-33(25(4)13-2)29(8)47-36(14-3)39-38(49)19-18-37(48-39)28(7)23-41(10,11)40(50)34(30(9)51)21-31-16-17-32(24-46)35(22-31)42(43,44)45/h13,16-19,22,34,47,49H,2-3,5-8,12,15,20-21,23H2,1,4,9-11H3/b33-25+. The van der Waals surface area contributed by atoms with Crippen molar-refractivity contribution in [1.29, 1.82) is 5.26 Å². The molecule has 0 amide bonds. The number of Topliss-reactive ketones (excluding diaryl/α,β-unsaturated/α-hetero) is 1. The molecule has 2 N–H and O–H groups in total. The van der Waals surface area contributed by atoms with Gasteiger partial charge in [0.1, 0.15) is 22.9 Å². The number of ketones is 1. The maximum Gasteiger partial charge on any atom is 0.417 e. The zero-order chi connectivity index (χ0) is 38.8. The van der Waals surface area contributed by atoms with Crippen LogP contribution in [-0.2, 0) is 17.4 Å². The number of rotatable bonds is 18. The van der Waals surface area contributed by atoms with Crippen LogP contribution in [0.3, 0.4) is 0 Å². The number of benzene rings is 1. The number of halogens is 3. The van der Waals surface area contributed by atoms with E-state index in [0.29, 0.717) is 28.2 Å². The largest absolute Gasteiger partial charge is 0.506 e. The maximum absolute atomic E-state index is 13.9. The summed E-state index contributed by atoms with van der Waals surface area (Å²) in [6, 6.07) is 8.01. The Labute approximate surface area is 305 Å². The number of aromatic hydroxyl groups is 1. The van der Waals surface area contributed by atoms with Gasteiger partial charge in [0.15, 0.2) is 0 Å². The Bertz CT molecular complexity index is 1900. The van der Waals surface area contributed by atoms with Gasteiger partial charge in [-0.25, -0.2) is 4.98 Å². The molecule has 51 heavy (non-hydrogen) atoms. The van der Waals surface area contributed by atoms with E-state index in [1.54, 1.807) is 39.0 Å². The number of aromatic nitrogens is 1. The lowest BCUT2D eigenvalue weighted by atomic mass is 9.74. The van der Waals surface area contributed by atoms with Crippen LogP contribution >= 0.6 is 12.2 Å². The lowest BCUT2D eigenvalue weighted by Crippen LogP contribution is -2.35. The van der Waals surface area contributed by atoms with E-state index in [2.05, 4.69) is 62.4 Å². The fraction of sp³-hybridized carbons (Fsp3) is 0.310. The number of allylic oxidation sites excluding steroid dienone is 6. The van der Waals surface area contributed by atoms with Crippen molar-refractivity contribution in [2.24, 2.45) is 11.3 Å². The summed E-state index contributed by atoms with van der Waals surface area (Å²) in [6.45, 7) is 33.4. The number of nitrogens with zero attached hydrogens (tertiary/aromatic N) is 2. The highest BCUT2D eigenvalue weighted by molar-refractivity contribution is 7.80. The van der Waals surface area contributed by atoms with Crippen LogP contribution < -0.4 is 5.32 Å². The zero-order valence-electron chi connectivity index (χ0n) is 30.1. The van der Waals surface area contributed by atoms with E-state index in [4.69, 9.17) is 17.5 Å². The number of carbonyl (C=O) groups excluding carboxylic acids is 1. The summed E-state index contributed by atoms with van der Waals surface area (Å²) >= 11 is 5.41. The molecule has 268 valence electrons. The Morgan fingerprint density at radius 2 is 1.76 bits per heavy atom. The van der Waals surface area contributed by atoms with Crippen LogP contribution in [0.4, 0.5) is 13.2 Å². The molecule has 1 unspecified atom stereocenters. The minimum Gasteiger partial charge on any atom is -0.506 e. The number of nitrogens with one attached hydrogen (secondary N) is 1. The van der Waals surface area contributed by atoms with Crippen LogP contribution in [0.1, 0.15) is 88.4 Å². The van der Waals surface area contributed by atoms with Gasteiger partial charge in [0, 0.05) is 16.0 Å². The minimum atomic E-state index is -4.73. The normalized spacial score (nSPS) is 12.4. The fourth-order valence-electron chi connectivity index (χ4n) is 5.56. The Balaban J connectivity index is 2.37. The predicted octanol–water partition coefficient (Wildman–Crippen LogP) is 11.0. The summed E-state index contributed by atoms with van der Waals surface area (Å²) in [7, 11) is 0. The first-order chi connectivity index (χ1) is 23.7. The molecular formula is C42H46F3N3O2S. The van der Waals surface area contributed by atoms with Gasteiger partial charge in [-0.1, -0.05) is 96.6 Å². The van der Waals surface area contributed by atoms with Crippen molar-refractivity contribution >= 4 is 34.1 Å². The number of carbonyl (C=O) groups is 1. The van der Waals surface area contributed by atoms with Crippen LogP contribution in [0.15, 0.2) is 110 Å². The molecule has 5 nitrogen and oxygen atoms in total. The first-order valence-electron chi connectivity index (χ1n) is 16.3. The Kier molecular flexibility index (Phi) is 14.7. The van der Waals surface area contributed by atoms with Gasteiger partial charge in [-0.2, -0.15) is 18.4 Å². The number of alkyl halides is 3. The topological polar surface area (TPSA) is 86.0 Å². The van der Waals surface area contributed by atoms with E-state index in [1.165, 1.54) is 12.1 Å². The number of hydrogen-bond donors (Lipinski definition) is 2. The van der Waals surface area contributed by atoms with Crippen molar-refractivity contribution in [3.05, 3.63) is 138 Å². The van der Waals surface area contributed by atoms with Gasteiger partial charge in [0.05, 0.1) is 28.8 Å². The first-order valence-corrected chi connectivity index (χ1v) is 16.7. The van der Waals surface area contributed by atoms with Crippen molar-refractivity contribution in [1.82, 2.24) is 10.3 Å². The minimum absolute atomic E-state index is 0.0641. The van der Waals surface area contributed by atoms with Crippen molar-refractivity contribution in [3.8, 4) is 11.8 Å². The lowest BCUT2D eigenvalue weighted by molar-refractivity contribution is -0.137. The molecule has 1 atom stereocenters. The third-order valence-corrected chi connectivity index (χ3v) is 8.88. The highest BCUT2D eigenvalue weighted by atomic mass is 32.1. The van der Waals surface area contributed by atoms with Gasteiger partial charge < -0.3 is 10.4 Å². The van der Waals surface area contributed by atoms with Gasteiger partial charge in [0.25, 0.3) is 0 Å². The molecule has 2 rings (SSSR count). The molecule has 0 spiro atoms. The highest BCUT2D eigenvalue weighted by Gasteiger charge is 2.37. The van der Waals surface area contributed by atoms with E-state index in [-0.39, 0.29) is 41.3 Å². The molecule has 0 bridgehead atoms. The quantitative estimate of drug-likeness (QED) is 0.0909. The van der Waals surface area contributed by atoms with Gasteiger partial charge in [0.2, 0.25) is 0 Å². The van der Waals surface area contributed by atoms with Crippen LogP contribution in [-0.4, -0.2) is 20.7 Å². The molecule has 0 aliphatic rings. The predicted molar refractivity (Wildman–Crippen MR) is 205 cm³/mol. The molecule has 1 aromatic carbocycles. The van der Waals surface area contributed by atoms with E-state index in [0.717, 1.165) is 47.3 Å². The summed E-state index contributed by atoms with van der Waals surface area (Å²) in [4.78, 5) is 18.9. The average Bonchev–Trinajstić information content (AvgIpc) is 3.07. The van der Waals surface area contributed by atoms with Crippen LogP contribution in [0.25, 0.3) is 11.3 Å². The second-order valence-corrected chi connectivity index (χ2v) is 13.7. The zero-order valence-corrected chi connectivity index (χ0v) is 30.9. The van der Waals surface area contributed by atoms with Gasteiger partial charge >= 0.3 is 6.18 Å². The summed E-state index contributed by atoms with van der Waals surface area (Å²) < 4.78 is 40.9. The third-order valence-electron chi connectivity index (χ3n) is 8.59. The van der Waals surface area contributed by atoms with Gasteiger partial charge in [-0.05, 0) is 91.7 Å². The molecular weight excluding hydrogens is 668 g/mol. The molecule has 0 aliphatic heterocycles. The summed E-state index contributed by atoms with van der Waals surface area (Å²) in [5.74, 6) is -1.31. The summed E-state index contributed by atoms with van der Waals surface area (Å²) in [6.07, 6.45) is -0.708. The second kappa shape index (κ2) is 17.8.